The molecule has 20 heavy (non-hydrogen) atoms. The molecular weight excluding hydrogens is 280 g/mol. The third kappa shape index (κ3) is 3.80. The summed E-state index contributed by atoms with van der Waals surface area (Å²) in [6.45, 7) is 7.17. The topological polar surface area (TPSA) is 84.5 Å². The van der Waals surface area contributed by atoms with Crippen LogP contribution < -0.4 is 10.6 Å². The molecule has 0 aliphatic rings. The molecule has 1 heterocycles. The first-order valence-corrected chi connectivity index (χ1v) is 7.10. The molecule has 0 bridgehead atoms. The zero-order valence-electron chi connectivity index (χ0n) is 12.0. The van der Waals surface area contributed by atoms with E-state index in [1.54, 1.807) is 20.8 Å². The number of hydrogen-bond donors (Lipinski definition) is 2. The summed E-state index contributed by atoms with van der Waals surface area (Å²) < 4.78 is 4.67. The molecule has 0 spiro atoms. The van der Waals surface area contributed by atoms with Crippen LogP contribution in [0.1, 0.15) is 41.1 Å². The summed E-state index contributed by atoms with van der Waals surface area (Å²) in [6.07, 6.45) is -0.483. The lowest BCUT2D eigenvalue weighted by molar-refractivity contribution is -0.115. The first-order chi connectivity index (χ1) is 9.40. The Morgan fingerprint density at radius 2 is 1.85 bits per heavy atom. The van der Waals surface area contributed by atoms with Crippen LogP contribution in [0.15, 0.2) is 0 Å². The van der Waals surface area contributed by atoms with Gasteiger partial charge in [0.05, 0.1) is 12.2 Å². The highest BCUT2D eigenvalue weighted by molar-refractivity contribution is 7.16. The summed E-state index contributed by atoms with van der Waals surface area (Å²) in [4.78, 5) is 35.8. The highest BCUT2D eigenvalue weighted by Gasteiger charge is 2.22. The van der Waals surface area contributed by atoms with E-state index < -0.39 is 12.0 Å². The van der Waals surface area contributed by atoms with Crippen LogP contribution in [-0.4, -0.2) is 24.5 Å². The van der Waals surface area contributed by atoms with Gasteiger partial charge in [-0.05, 0) is 26.3 Å². The zero-order valence-corrected chi connectivity index (χ0v) is 12.8. The molecule has 0 aliphatic carbocycles. The van der Waals surface area contributed by atoms with Crippen molar-refractivity contribution in [3.05, 3.63) is 16.0 Å². The Bertz CT molecular complexity index is 537. The zero-order chi connectivity index (χ0) is 15.3. The van der Waals surface area contributed by atoms with Gasteiger partial charge in [-0.1, -0.05) is 6.92 Å². The summed E-state index contributed by atoms with van der Waals surface area (Å²) >= 11 is 1.31. The van der Waals surface area contributed by atoms with E-state index in [9.17, 15) is 14.4 Å². The second-order valence-corrected chi connectivity index (χ2v) is 5.29. The van der Waals surface area contributed by atoms with E-state index in [-0.39, 0.29) is 12.5 Å². The number of rotatable bonds is 4. The van der Waals surface area contributed by atoms with Gasteiger partial charge in [0.15, 0.2) is 0 Å². The van der Waals surface area contributed by atoms with Gasteiger partial charge < -0.3 is 10.1 Å². The van der Waals surface area contributed by atoms with Crippen LogP contribution in [0, 0.1) is 13.8 Å². The average molecular weight is 298 g/mol. The van der Waals surface area contributed by atoms with E-state index in [0.717, 1.165) is 10.4 Å². The van der Waals surface area contributed by atoms with E-state index in [0.29, 0.717) is 17.0 Å². The molecule has 0 saturated heterocycles. The third-order valence-corrected chi connectivity index (χ3v) is 3.80. The van der Waals surface area contributed by atoms with Gasteiger partial charge >= 0.3 is 6.09 Å². The molecule has 0 aromatic carbocycles. The minimum Gasteiger partial charge on any atom is -0.450 e. The molecule has 110 valence electrons. The van der Waals surface area contributed by atoms with Crippen molar-refractivity contribution in [1.82, 2.24) is 5.32 Å². The summed E-state index contributed by atoms with van der Waals surface area (Å²) in [5, 5.41) is 5.27. The predicted molar refractivity (Wildman–Crippen MR) is 77.2 cm³/mol. The van der Waals surface area contributed by atoms with Gasteiger partial charge in [-0.25, -0.2) is 4.79 Å². The standard InChI is InChI=1S/C13H18N2O4S/c1-5-9(16)14-12-10(7(3)8(4)20-12)11(17)15-13(18)19-6-2/h5-6H2,1-4H3,(H,14,16)(H,15,17,18). The molecule has 3 amide bonds. The molecule has 7 heteroatoms. The Balaban J connectivity index is 3.00. The predicted octanol–water partition coefficient (Wildman–Crippen LogP) is 2.60. The molecule has 1 aromatic rings. The van der Waals surface area contributed by atoms with Crippen molar-refractivity contribution in [3.63, 3.8) is 0 Å². The maximum atomic E-state index is 12.1. The third-order valence-electron chi connectivity index (χ3n) is 2.68. The van der Waals surface area contributed by atoms with Gasteiger partial charge in [-0.2, -0.15) is 0 Å². The summed E-state index contributed by atoms with van der Waals surface area (Å²) in [6, 6.07) is 0. The van der Waals surface area contributed by atoms with Crippen LogP contribution in [0.5, 0.6) is 0 Å². The number of hydrogen-bond acceptors (Lipinski definition) is 5. The number of imide groups is 1. The number of carbonyl (C=O) groups excluding carboxylic acids is 3. The minimum atomic E-state index is -0.798. The van der Waals surface area contributed by atoms with Crippen LogP contribution in [0.4, 0.5) is 9.80 Å². The SMILES string of the molecule is CCOC(=O)NC(=O)c1c(NC(=O)CC)sc(C)c1C. The van der Waals surface area contributed by atoms with Gasteiger partial charge in [0, 0.05) is 11.3 Å². The maximum Gasteiger partial charge on any atom is 0.414 e. The molecule has 0 unspecified atom stereocenters. The van der Waals surface area contributed by atoms with Crippen molar-refractivity contribution < 1.29 is 19.1 Å². The van der Waals surface area contributed by atoms with Crippen molar-refractivity contribution in [1.29, 1.82) is 0 Å². The van der Waals surface area contributed by atoms with Crippen molar-refractivity contribution in [2.75, 3.05) is 11.9 Å². The monoisotopic (exact) mass is 298 g/mol. The Morgan fingerprint density at radius 1 is 1.20 bits per heavy atom. The van der Waals surface area contributed by atoms with Crippen molar-refractivity contribution in [3.8, 4) is 0 Å². The van der Waals surface area contributed by atoms with Gasteiger partial charge in [-0.15, -0.1) is 11.3 Å². The van der Waals surface area contributed by atoms with E-state index >= 15 is 0 Å². The Labute approximate surface area is 121 Å². The molecule has 0 atom stereocenters. The normalized spacial score (nSPS) is 10.0. The van der Waals surface area contributed by atoms with E-state index in [1.807, 2.05) is 6.92 Å². The smallest absolute Gasteiger partial charge is 0.414 e. The lowest BCUT2D eigenvalue weighted by Gasteiger charge is -2.07. The maximum absolute atomic E-state index is 12.1. The molecule has 1 aromatic heterocycles. The second-order valence-electron chi connectivity index (χ2n) is 4.06. The quantitative estimate of drug-likeness (QED) is 0.894. The summed E-state index contributed by atoms with van der Waals surface area (Å²) in [5.74, 6) is -0.756. The van der Waals surface area contributed by atoms with Crippen molar-refractivity contribution in [2.24, 2.45) is 0 Å². The number of nitrogens with one attached hydrogen (secondary N) is 2. The largest absolute Gasteiger partial charge is 0.450 e. The number of thiophene rings is 1. The Morgan fingerprint density at radius 3 is 2.40 bits per heavy atom. The van der Waals surface area contributed by atoms with Crippen LogP contribution in [-0.2, 0) is 9.53 Å². The van der Waals surface area contributed by atoms with E-state index in [1.165, 1.54) is 11.3 Å². The Kier molecular flexibility index (Phi) is 5.69. The lowest BCUT2D eigenvalue weighted by atomic mass is 10.1. The molecule has 0 fully saturated rings. The molecule has 0 aliphatic heterocycles. The first-order valence-electron chi connectivity index (χ1n) is 6.28. The van der Waals surface area contributed by atoms with Gasteiger partial charge in [0.25, 0.3) is 5.91 Å². The molecule has 1 rings (SSSR count). The fourth-order valence-corrected chi connectivity index (χ4v) is 2.60. The Hall–Kier alpha value is -1.89. The molecule has 0 saturated carbocycles. The highest BCUT2D eigenvalue weighted by atomic mass is 32.1. The van der Waals surface area contributed by atoms with Crippen LogP contribution >= 0.6 is 11.3 Å². The molecule has 2 N–H and O–H groups in total. The summed E-state index contributed by atoms with van der Waals surface area (Å²) in [5.41, 5.74) is 1.05. The number of aryl methyl sites for hydroxylation is 1. The molecular formula is C13H18N2O4S. The first kappa shape index (κ1) is 16.2. The minimum absolute atomic E-state index is 0.181. The van der Waals surface area contributed by atoms with Gasteiger partial charge in [-0.3, -0.25) is 14.9 Å². The van der Waals surface area contributed by atoms with Gasteiger partial charge in [0.1, 0.15) is 5.00 Å². The molecule has 6 nitrogen and oxygen atoms in total. The fourth-order valence-electron chi connectivity index (χ4n) is 1.53. The molecule has 0 radical (unpaired) electrons. The summed E-state index contributed by atoms with van der Waals surface area (Å²) in [7, 11) is 0. The van der Waals surface area contributed by atoms with E-state index in [4.69, 9.17) is 0 Å². The van der Waals surface area contributed by atoms with E-state index in [2.05, 4.69) is 15.4 Å². The number of amides is 3. The lowest BCUT2D eigenvalue weighted by Crippen LogP contribution is -2.31. The van der Waals surface area contributed by atoms with Crippen LogP contribution in [0.25, 0.3) is 0 Å². The second kappa shape index (κ2) is 7.04. The van der Waals surface area contributed by atoms with Crippen LogP contribution in [0.2, 0.25) is 0 Å². The highest BCUT2D eigenvalue weighted by Crippen LogP contribution is 2.32. The average Bonchev–Trinajstić information content (AvgIpc) is 2.64. The number of ether oxygens (including phenoxy) is 1. The number of carbonyl (C=O) groups is 3. The van der Waals surface area contributed by atoms with Gasteiger partial charge in [0.2, 0.25) is 5.91 Å². The van der Waals surface area contributed by atoms with Crippen molar-refractivity contribution >= 4 is 34.2 Å². The number of anilines is 1. The number of alkyl carbamates (subject to hydrolysis) is 1. The fraction of sp³-hybridized carbons (Fsp3) is 0.462. The van der Waals surface area contributed by atoms with Crippen LogP contribution in [0.3, 0.4) is 0 Å². The van der Waals surface area contributed by atoms with Crippen molar-refractivity contribution in [2.45, 2.75) is 34.1 Å².